The molecule has 1 rings (SSSR count). The summed E-state index contributed by atoms with van der Waals surface area (Å²) in [6.45, 7) is 9.50. The van der Waals surface area contributed by atoms with Crippen molar-refractivity contribution >= 4 is 0 Å². The predicted octanol–water partition coefficient (Wildman–Crippen LogP) is 1.86. The first-order valence-electron chi connectivity index (χ1n) is 5.79. The zero-order valence-electron chi connectivity index (χ0n) is 9.18. The molecule has 1 fully saturated rings. The van der Waals surface area contributed by atoms with Gasteiger partial charge >= 0.3 is 0 Å². The zero-order valence-corrected chi connectivity index (χ0v) is 9.18. The lowest BCUT2D eigenvalue weighted by Gasteiger charge is -2.33. The second-order valence-corrected chi connectivity index (χ2v) is 4.15. The third kappa shape index (κ3) is 4.10. The topological polar surface area (TPSA) is 15.3 Å². The van der Waals surface area contributed by atoms with Crippen LogP contribution in [-0.4, -0.2) is 37.1 Å². The van der Waals surface area contributed by atoms with Gasteiger partial charge in [-0.2, -0.15) is 0 Å². The number of rotatable bonds is 5. The first kappa shape index (κ1) is 11.0. The summed E-state index contributed by atoms with van der Waals surface area (Å²) >= 11 is 0. The minimum absolute atomic E-state index is 0.746. The molecule has 1 heterocycles. The predicted molar refractivity (Wildman–Crippen MR) is 58.0 cm³/mol. The smallest absolute Gasteiger partial charge is 0.0192 e. The van der Waals surface area contributed by atoms with Gasteiger partial charge in [-0.05, 0) is 19.9 Å². The van der Waals surface area contributed by atoms with Gasteiger partial charge in [0.15, 0.2) is 0 Å². The molecule has 1 aliphatic rings. The van der Waals surface area contributed by atoms with Crippen LogP contribution in [0, 0.1) is 0 Å². The van der Waals surface area contributed by atoms with Crippen LogP contribution in [0.25, 0.3) is 0 Å². The maximum absolute atomic E-state index is 3.42. The van der Waals surface area contributed by atoms with Crippen molar-refractivity contribution < 1.29 is 0 Å². The van der Waals surface area contributed by atoms with Gasteiger partial charge in [-0.25, -0.2) is 0 Å². The quantitative estimate of drug-likeness (QED) is 0.656. The number of piperazine rings is 1. The van der Waals surface area contributed by atoms with E-state index in [0.29, 0.717) is 0 Å². The normalized spacial score (nSPS) is 24.9. The molecule has 1 atom stereocenters. The highest BCUT2D eigenvalue weighted by molar-refractivity contribution is 4.75. The van der Waals surface area contributed by atoms with Crippen molar-refractivity contribution in [1.82, 2.24) is 10.2 Å². The molecule has 2 heteroatoms. The molecule has 2 nitrogen and oxygen atoms in total. The van der Waals surface area contributed by atoms with Gasteiger partial charge in [-0.15, -0.1) is 0 Å². The van der Waals surface area contributed by atoms with Gasteiger partial charge in [0.05, 0.1) is 0 Å². The Morgan fingerprint density at radius 2 is 2.15 bits per heavy atom. The molecule has 0 unspecified atom stereocenters. The van der Waals surface area contributed by atoms with E-state index in [0.717, 1.165) is 6.04 Å². The van der Waals surface area contributed by atoms with Crippen molar-refractivity contribution in [1.29, 1.82) is 0 Å². The Balaban J connectivity index is 2.05. The summed E-state index contributed by atoms with van der Waals surface area (Å²) in [6.07, 6.45) is 5.54. The summed E-state index contributed by atoms with van der Waals surface area (Å²) < 4.78 is 0. The third-order valence-electron chi connectivity index (χ3n) is 2.94. The highest BCUT2D eigenvalue weighted by Gasteiger charge is 2.16. The van der Waals surface area contributed by atoms with Crippen molar-refractivity contribution in [3.8, 4) is 0 Å². The van der Waals surface area contributed by atoms with E-state index in [1.165, 1.54) is 51.9 Å². The van der Waals surface area contributed by atoms with E-state index in [1.54, 1.807) is 0 Å². The van der Waals surface area contributed by atoms with Crippen LogP contribution in [0.15, 0.2) is 0 Å². The molecule has 1 N–H and O–H groups in total. The largest absolute Gasteiger partial charge is 0.314 e. The number of hydrogen-bond donors (Lipinski definition) is 1. The minimum Gasteiger partial charge on any atom is -0.314 e. The van der Waals surface area contributed by atoms with Gasteiger partial charge in [0.2, 0.25) is 0 Å². The molecule has 0 saturated carbocycles. The standard InChI is InChI=1S/C11H24N2/c1-3-4-5-6-8-13-9-7-12-10-11(13)2/h11-12H,3-10H2,1-2H3/t11-/m0/s1. The molecule has 0 spiro atoms. The second-order valence-electron chi connectivity index (χ2n) is 4.15. The summed E-state index contributed by atoms with van der Waals surface area (Å²) in [7, 11) is 0. The van der Waals surface area contributed by atoms with E-state index in [2.05, 4.69) is 24.1 Å². The Kier molecular flexibility index (Phi) is 5.40. The van der Waals surface area contributed by atoms with E-state index in [9.17, 15) is 0 Å². The summed E-state index contributed by atoms with van der Waals surface area (Å²) in [5, 5.41) is 3.42. The van der Waals surface area contributed by atoms with Crippen LogP contribution in [-0.2, 0) is 0 Å². The Morgan fingerprint density at radius 3 is 2.85 bits per heavy atom. The Hall–Kier alpha value is -0.0800. The summed E-state index contributed by atoms with van der Waals surface area (Å²) in [5.41, 5.74) is 0. The molecular weight excluding hydrogens is 160 g/mol. The monoisotopic (exact) mass is 184 g/mol. The van der Waals surface area contributed by atoms with Gasteiger partial charge in [-0.3, -0.25) is 4.90 Å². The molecule has 0 aliphatic carbocycles. The van der Waals surface area contributed by atoms with Crippen molar-refractivity contribution in [3.05, 3.63) is 0 Å². The van der Waals surface area contributed by atoms with E-state index >= 15 is 0 Å². The van der Waals surface area contributed by atoms with Gasteiger partial charge < -0.3 is 5.32 Å². The van der Waals surface area contributed by atoms with Crippen LogP contribution in [0.1, 0.15) is 39.5 Å². The van der Waals surface area contributed by atoms with Crippen LogP contribution in [0.2, 0.25) is 0 Å². The highest BCUT2D eigenvalue weighted by Crippen LogP contribution is 2.06. The van der Waals surface area contributed by atoms with Crippen LogP contribution in [0.3, 0.4) is 0 Å². The molecule has 1 aliphatic heterocycles. The van der Waals surface area contributed by atoms with Gasteiger partial charge in [0.25, 0.3) is 0 Å². The van der Waals surface area contributed by atoms with Crippen molar-refractivity contribution in [2.24, 2.45) is 0 Å². The van der Waals surface area contributed by atoms with Gasteiger partial charge in [0.1, 0.15) is 0 Å². The lowest BCUT2D eigenvalue weighted by atomic mass is 10.1. The number of nitrogens with zero attached hydrogens (tertiary/aromatic N) is 1. The molecule has 0 aromatic heterocycles. The number of unbranched alkanes of at least 4 members (excludes halogenated alkanes) is 3. The highest BCUT2D eigenvalue weighted by atomic mass is 15.2. The fraction of sp³-hybridized carbons (Fsp3) is 1.00. The SMILES string of the molecule is CCCCCCN1CCNC[C@@H]1C. The minimum atomic E-state index is 0.746. The maximum Gasteiger partial charge on any atom is 0.0192 e. The van der Waals surface area contributed by atoms with Crippen LogP contribution >= 0.6 is 0 Å². The second kappa shape index (κ2) is 6.39. The average molecular weight is 184 g/mol. The summed E-state index contributed by atoms with van der Waals surface area (Å²) in [4.78, 5) is 2.62. The van der Waals surface area contributed by atoms with Crippen LogP contribution in [0.4, 0.5) is 0 Å². The van der Waals surface area contributed by atoms with Crippen molar-refractivity contribution in [2.75, 3.05) is 26.2 Å². The lowest BCUT2D eigenvalue weighted by Crippen LogP contribution is -2.49. The van der Waals surface area contributed by atoms with Crippen LogP contribution in [0.5, 0.6) is 0 Å². The Labute approximate surface area is 82.7 Å². The molecule has 0 aromatic carbocycles. The molecular formula is C11H24N2. The average Bonchev–Trinajstić information content (AvgIpc) is 2.15. The summed E-state index contributed by atoms with van der Waals surface area (Å²) in [6, 6.07) is 0.746. The fourth-order valence-electron chi connectivity index (χ4n) is 1.96. The van der Waals surface area contributed by atoms with Crippen LogP contribution < -0.4 is 5.32 Å². The lowest BCUT2D eigenvalue weighted by molar-refractivity contribution is 0.170. The number of nitrogens with one attached hydrogen (secondary N) is 1. The first-order chi connectivity index (χ1) is 6.34. The number of hydrogen-bond acceptors (Lipinski definition) is 2. The third-order valence-corrected chi connectivity index (χ3v) is 2.94. The fourth-order valence-corrected chi connectivity index (χ4v) is 1.96. The van der Waals surface area contributed by atoms with Gasteiger partial charge in [0, 0.05) is 25.7 Å². The summed E-state index contributed by atoms with van der Waals surface area (Å²) in [5.74, 6) is 0. The molecule has 0 amide bonds. The molecule has 0 radical (unpaired) electrons. The van der Waals surface area contributed by atoms with E-state index in [1.807, 2.05) is 0 Å². The Morgan fingerprint density at radius 1 is 1.31 bits per heavy atom. The van der Waals surface area contributed by atoms with Gasteiger partial charge in [-0.1, -0.05) is 26.2 Å². The maximum atomic E-state index is 3.42. The Bertz CT molecular complexity index is 125. The zero-order chi connectivity index (χ0) is 9.52. The molecule has 1 saturated heterocycles. The van der Waals surface area contributed by atoms with E-state index in [4.69, 9.17) is 0 Å². The van der Waals surface area contributed by atoms with E-state index < -0.39 is 0 Å². The molecule has 13 heavy (non-hydrogen) atoms. The molecule has 0 aromatic rings. The van der Waals surface area contributed by atoms with Crippen molar-refractivity contribution in [3.63, 3.8) is 0 Å². The molecule has 78 valence electrons. The first-order valence-corrected chi connectivity index (χ1v) is 5.79. The van der Waals surface area contributed by atoms with E-state index in [-0.39, 0.29) is 0 Å². The molecule has 0 bridgehead atoms. The van der Waals surface area contributed by atoms with Crippen molar-refractivity contribution in [2.45, 2.75) is 45.6 Å².